The SMILES string of the molecule is CC1=C/[C@@H]2[C@H]3[C@@H]4[C@@H](O)C[C@@H](C)N4C(=O)[C@@H]3C=C[C@@H]2/C=C\C[C@H](O)[C@H](O)[C@H](O)C[C@H](O)/C=C/C=C\1. The zero-order chi connectivity index (χ0) is 24.6. The Bertz CT molecular complexity index is 907. The number of aliphatic hydroxyl groups excluding tert-OH is 5. The summed E-state index contributed by atoms with van der Waals surface area (Å²) in [5, 5.41) is 51.8. The normalized spacial score (nSPS) is 49.5. The maximum absolute atomic E-state index is 13.2. The third kappa shape index (κ3) is 4.86. The van der Waals surface area contributed by atoms with Crippen LogP contribution in [0.4, 0.5) is 0 Å². The topological polar surface area (TPSA) is 121 Å². The molecule has 7 nitrogen and oxygen atoms in total. The molecular formula is C27H37NO6. The van der Waals surface area contributed by atoms with Crippen molar-refractivity contribution in [3.8, 4) is 0 Å². The molecule has 0 aromatic rings. The number of carbonyl (C=O) groups is 1. The number of hydrogen-bond donors (Lipinski definition) is 5. The summed E-state index contributed by atoms with van der Waals surface area (Å²) in [7, 11) is 0. The summed E-state index contributed by atoms with van der Waals surface area (Å²) in [5.74, 6) is -0.335. The lowest BCUT2D eigenvalue weighted by molar-refractivity contribution is -0.131. The molecule has 0 aromatic heterocycles. The van der Waals surface area contributed by atoms with Crippen LogP contribution in [-0.2, 0) is 4.79 Å². The van der Waals surface area contributed by atoms with E-state index in [1.165, 1.54) is 6.08 Å². The molecule has 2 heterocycles. The highest BCUT2D eigenvalue weighted by molar-refractivity contribution is 5.85. The molecule has 4 aliphatic rings. The van der Waals surface area contributed by atoms with Gasteiger partial charge >= 0.3 is 0 Å². The number of rotatable bonds is 0. The summed E-state index contributed by atoms with van der Waals surface area (Å²) in [4.78, 5) is 15.1. The van der Waals surface area contributed by atoms with E-state index in [9.17, 15) is 30.3 Å². The molecule has 0 radical (unpaired) electrons. The van der Waals surface area contributed by atoms with E-state index in [2.05, 4.69) is 6.08 Å². The van der Waals surface area contributed by atoms with Crippen LogP contribution in [0.5, 0.6) is 0 Å². The minimum atomic E-state index is -1.38. The first-order valence-corrected chi connectivity index (χ1v) is 12.3. The number of allylic oxidation sites excluding steroid dienone is 7. The molecule has 0 aromatic carbocycles. The lowest BCUT2D eigenvalue weighted by Crippen LogP contribution is -2.41. The van der Waals surface area contributed by atoms with E-state index >= 15 is 0 Å². The van der Waals surface area contributed by atoms with Crippen LogP contribution in [0.25, 0.3) is 0 Å². The van der Waals surface area contributed by atoms with Gasteiger partial charge in [-0.1, -0.05) is 60.3 Å². The molecule has 7 heteroatoms. The van der Waals surface area contributed by atoms with Crippen molar-refractivity contribution >= 4 is 5.91 Å². The fourth-order valence-corrected chi connectivity index (χ4v) is 6.16. The van der Waals surface area contributed by atoms with Crippen molar-refractivity contribution in [3.63, 3.8) is 0 Å². The van der Waals surface area contributed by atoms with Gasteiger partial charge in [-0.2, -0.15) is 0 Å². The molecule has 4 rings (SSSR count). The second-order valence-corrected chi connectivity index (χ2v) is 10.3. The summed E-state index contributed by atoms with van der Waals surface area (Å²) >= 11 is 0. The highest BCUT2D eigenvalue weighted by Crippen LogP contribution is 2.50. The van der Waals surface area contributed by atoms with Gasteiger partial charge in [0.25, 0.3) is 0 Å². The van der Waals surface area contributed by atoms with Crippen molar-refractivity contribution in [2.45, 2.75) is 75.7 Å². The fraction of sp³-hybridized carbons (Fsp3) is 0.593. The van der Waals surface area contributed by atoms with E-state index < -0.39 is 30.5 Å². The van der Waals surface area contributed by atoms with Gasteiger partial charge < -0.3 is 30.4 Å². The van der Waals surface area contributed by atoms with Gasteiger partial charge in [-0.15, -0.1) is 0 Å². The van der Waals surface area contributed by atoms with E-state index in [4.69, 9.17) is 0 Å². The predicted molar refractivity (Wildman–Crippen MR) is 128 cm³/mol. The van der Waals surface area contributed by atoms with Gasteiger partial charge in [0, 0.05) is 24.3 Å². The average molecular weight is 472 g/mol. The first kappa shape index (κ1) is 25.1. The number of carbonyl (C=O) groups excluding carboxylic acids is 1. The van der Waals surface area contributed by atoms with Gasteiger partial charge in [-0.25, -0.2) is 0 Å². The van der Waals surface area contributed by atoms with Crippen LogP contribution < -0.4 is 0 Å². The first-order chi connectivity index (χ1) is 16.2. The third-order valence-electron chi connectivity index (χ3n) is 7.82. The van der Waals surface area contributed by atoms with E-state index in [1.807, 2.05) is 43.1 Å². The second-order valence-electron chi connectivity index (χ2n) is 10.3. The van der Waals surface area contributed by atoms with Crippen LogP contribution in [0.1, 0.15) is 33.1 Å². The highest BCUT2D eigenvalue weighted by Gasteiger charge is 2.58. The summed E-state index contributed by atoms with van der Waals surface area (Å²) in [6.07, 6.45) is 12.2. The van der Waals surface area contributed by atoms with Crippen molar-refractivity contribution in [3.05, 3.63) is 60.3 Å². The van der Waals surface area contributed by atoms with Crippen molar-refractivity contribution in [2.75, 3.05) is 0 Å². The van der Waals surface area contributed by atoms with E-state index in [0.29, 0.717) is 6.42 Å². The average Bonchev–Trinajstić information content (AvgIpc) is 3.25. The maximum atomic E-state index is 13.2. The van der Waals surface area contributed by atoms with Gasteiger partial charge in [-0.3, -0.25) is 4.79 Å². The third-order valence-corrected chi connectivity index (χ3v) is 7.82. The zero-order valence-electron chi connectivity index (χ0n) is 19.8. The molecule has 0 bridgehead atoms. The second kappa shape index (κ2) is 10.3. The number of amides is 1. The Morgan fingerprint density at radius 1 is 0.912 bits per heavy atom. The Labute approximate surface area is 201 Å². The van der Waals surface area contributed by atoms with Gasteiger partial charge in [0.1, 0.15) is 6.10 Å². The van der Waals surface area contributed by atoms with Crippen LogP contribution in [0.3, 0.4) is 0 Å². The summed E-state index contributed by atoms with van der Waals surface area (Å²) in [5.41, 5.74) is 1.01. The number of aliphatic hydroxyl groups is 5. The van der Waals surface area contributed by atoms with Crippen molar-refractivity contribution in [1.82, 2.24) is 4.90 Å². The largest absolute Gasteiger partial charge is 0.391 e. The van der Waals surface area contributed by atoms with Crippen LogP contribution >= 0.6 is 0 Å². The van der Waals surface area contributed by atoms with Gasteiger partial charge in [0.15, 0.2) is 0 Å². The zero-order valence-corrected chi connectivity index (χ0v) is 19.8. The number of hydrogen-bond acceptors (Lipinski definition) is 6. The summed E-state index contributed by atoms with van der Waals surface area (Å²) < 4.78 is 0. The number of nitrogens with zero attached hydrogens (tertiary/aromatic N) is 1. The smallest absolute Gasteiger partial charge is 0.230 e. The van der Waals surface area contributed by atoms with E-state index in [0.717, 1.165) is 5.57 Å². The Morgan fingerprint density at radius 3 is 2.44 bits per heavy atom. The molecule has 0 spiro atoms. The molecule has 11 atom stereocenters. The summed E-state index contributed by atoms with van der Waals surface area (Å²) in [6, 6.07) is -0.217. The van der Waals surface area contributed by atoms with Crippen LogP contribution in [0.15, 0.2) is 60.3 Å². The Hall–Kier alpha value is -2.03. The van der Waals surface area contributed by atoms with E-state index in [1.54, 1.807) is 18.2 Å². The molecule has 1 amide bonds. The van der Waals surface area contributed by atoms with Crippen LogP contribution in [-0.4, -0.2) is 78.9 Å². The van der Waals surface area contributed by atoms with Crippen LogP contribution in [0.2, 0.25) is 0 Å². The fourth-order valence-electron chi connectivity index (χ4n) is 6.16. The van der Waals surface area contributed by atoms with Gasteiger partial charge in [-0.05, 0) is 32.6 Å². The quantitative estimate of drug-likeness (QED) is 0.339. The minimum Gasteiger partial charge on any atom is -0.391 e. The molecule has 2 aliphatic heterocycles. The predicted octanol–water partition coefficient (Wildman–Crippen LogP) is 1.24. The maximum Gasteiger partial charge on any atom is 0.230 e. The van der Waals surface area contributed by atoms with Crippen molar-refractivity contribution in [2.24, 2.45) is 23.7 Å². The molecule has 2 saturated heterocycles. The molecule has 0 unspecified atom stereocenters. The molecule has 186 valence electrons. The molecular weight excluding hydrogens is 434 g/mol. The molecule has 5 N–H and O–H groups in total. The lowest BCUT2D eigenvalue weighted by Gasteiger charge is -2.36. The standard InChI is InChI=1S/C27H37NO6/c1-15-6-3-4-8-18(29)14-23(32)26(33)21(30)9-5-7-17-10-11-19-24(20(17)12-15)25-22(31)13-16(2)28(25)27(19)34/h3-8,10-12,16-26,29-33H,9,13-14H2,1-2H3/b6-3-,7-5-,8-4+,15-12-/t16-,17+,18-,19-,20+,21+,22+,23-,24+,25+,26+/m1/s1. The molecule has 2 aliphatic carbocycles. The molecule has 2 fully saturated rings. The van der Waals surface area contributed by atoms with Crippen molar-refractivity contribution < 1.29 is 30.3 Å². The van der Waals surface area contributed by atoms with Crippen molar-refractivity contribution in [1.29, 1.82) is 0 Å². The minimum absolute atomic E-state index is 0.0104. The van der Waals surface area contributed by atoms with Crippen LogP contribution in [0, 0.1) is 23.7 Å². The highest BCUT2D eigenvalue weighted by atomic mass is 16.4. The molecule has 34 heavy (non-hydrogen) atoms. The first-order valence-electron chi connectivity index (χ1n) is 12.3. The van der Waals surface area contributed by atoms with Gasteiger partial charge in [0.2, 0.25) is 5.91 Å². The Balaban J connectivity index is 1.69. The van der Waals surface area contributed by atoms with E-state index in [-0.39, 0.29) is 54.5 Å². The monoisotopic (exact) mass is 471 g/mol. The lowest BCUT2D eigenvalue weighted by atomic mass is 9.67. The molecule has 0 saturated carbocycles. The Kier molecular flexibility index (Phi) is 7.60. The van der Waals surface area contributed by atoms with Gasteiger partial charge in [0.05, 0.1) is 36.4 Å². The Morgan fingerprint density at radius 2 is 1.68 bits per heavy atom. The summed E-state index contributed by atoms with van der Waals surface area (Å²) in [6.45, 7) is 3.98. The number of fused-ring (bicyclic) bond motifs is 5.